The topological polar surface area (TPSA) is 38.9 Å². The molecular formula is C11H13F3N2. The fraction of sp³-hybridized carbons (Fsp3) is 0.545. The number of pyridine rings is 1. The lowest BCUT2D eigenvalue weighted by atomic mass is 9.78. The normalized spacial score (nSPS) is 23.0. The van der Waals surface area contributed by atoms with Crippen molar-refractivity contribution >= 4 is 0 Å². The molecule has 1 aromatic heterocycles. The summed E-state index contributed by atoms with van der Waals surface area (Å²) in [4.78, 5) is 3.97. The van der Waals surface area contributed by atoms with Crippen molar-refractivity contribution in [1.29, 1.82) is 0 Å². The molecule has 0 saturated heterocycles. The van der Waals surface area contributed by atoms with E-state index in [0.717, 1.165) is 0 Å². The quantitative estimate of drug-likeness (QED) is 0.805. The maximum Gasteiger partial charge on any atom is 0.248 e. The first-order valence-electron chi connectivity index (χ1n) is 5.20. The van der Waals surface area contributed by atoms with Gasteiger partial charge in [-0.1, -0.05) is 0 Å². The van der Waals surface area contributed by atoms with Gasteiger partial charge < -0.3 is 5.73 Å². The average molecular weight is 230 g/mol. The first kappa shape index (κ1) is 11.4. The highest BCUT2D eigenvalue weighted by Crippen LogP contribution is 2.41. The van der Waals surface area contributed by atoms with E-state index in [4.69, 9.17) is 5.73 Å². The van der Waals surface area contributed by atoms with Gasteiger partial charge in [-0.25, -0.2) is 13.2 Å². The minimum atomic E-state index is -2.64. The molecule has 0 bridgehead atoms. The van der Waals surface area contributed by atoms with Crippen LogP contribution in [0.25, 0.3) is 0 Å². The van der Waals surface area contributed by atoms with E-state index in [1.807, 2.05) is 0 Å². The van der Waals surface area contributed by atoms with Crippen LogP contribution in [0.2, 0.25) is 0 Å². The maximum absolute atomic E-state index is 13.0. The zero-order valence-electron chi connectivity index (χ0n) is 8.72. The Morgan fingerprint density at radius 2 is 1.81 bits per heavy atom. The zero-order chi connectivity index (χ0) is 11.8. The Morgan fingerprint density at radius 3 is 2.38 bits per heavy atom. The number of hydrogen-bond donors (Lipinski definition) is 1. The molecule has 1 heterocycles. The Kier molecular flexibility index (Phi) is 2.66. The maximum atomic E-state index is 13.0. The van der Waals surface area contributed by atoms with Crippen LogP contribution in [0.1, 0.15) is 31.4 Å². The van der Waals surface area contributed by atoms with Crippen molar-refractivity contribution in [1.82, 2.24) is 4.98 Å². The summed E-state index contributed by atoms with van der Waals surface area (Å²) in [7, 11) is 0. The lowest BCUT2D eigenvalue weighted by Gasteiger charge is -2.36. The van der Waals surface area contributed by atoms with E-state index in [-0.39, 0.29) is 25.7 Å². The fourth-order valence-corrected chi connectivity index (χ4v) is 2.00. The SMILES string of the molecule is NC1(c2cc(F)ccn2)CCC(F)(F)CC1. The van der Waals surface area contributed by atoms with Gasteiger partial charge in [0.05, 0.1) is 11.2 Å². The Bertz CT molecular complexity index is 383. The number of rotatable bonds is 1. The highest BCUT2D eigenvalue weighted by molar-refractivity contribution is 5.17. The second-order valence-electron chi connectivity index (χ2n) is 4.37. The molecule has 1 fully saturated rings. The molecule has 16 heavy (non-hydrogen) atoms. The summed E-state index contributed by atoms with van der Waals surface area (Å²) in [6, 6.07) is 2.44. The molecule has 0 aromatic carbocycles. The van der Waals surface area contributed by atoms with Crippen molar-refractivity contribution in [2.75, 3.05) is 0 Å². The highest BCUT2D eigenvalue weighted by Gasteiger charge is 2.42. The third-order valence-electron chi connectivity index (χ3n) is 3.11. The molecule has 88 valence electrons. The van der Waals surface area contributed by atoms with Crippen LogP contribution in [0, 0.1) is 5.82 Å². The first-order chi connectivity index (χ1) is 7.41. The van der Waals surface area contributed by atoms with Crippen molar-refractivity contribution < 1.29 is 13.2 Å². The number of nitrogens with two attached hydrogens (primary N) is 1. The fourth-order valence-electron chi connectivity index (χ4n) is 2.00. The van der Waals surface area contributed by atoms with Crippen LogP contribution >= 0.6 is 0 Å². The molecule has 0 radical (unpaired) electrons. The van der Waals surface area contributed by atoms with E-state index in [2.05, 4.69) is 4.98 Å². The monoisotopic (exact) mass is 230 g/mol. The van der Waals surface area contributed by atoms with Crippen molar-refractivity contribution in [3.05, 3.63) is 29.8 Å². The van der Waals surface area contributed by atoms with Gasteiger partial charge in [-0.15, -0.1) is 0 Å². The number of nitrogens with zero attached hydrogens (tertiary/aromatic N) is 1. The van der Waals surface area contributed by atoms with Crippen LogP contribution in [0.5, 0.6) is 0 Å². The van der Waals surface area contributed by atoms with E-state index >= 15 is 0 Å². The summed E-state index contributed by atoms with van der Waals surface area (Å²) in [6.45, 7) is 0. The number of hydrogen-bond acceptors (Lipinski definition) is 2. The molecule has 2 rings (SSSR count). The van der Waals surface area contributed by atoms with Crippen LogP contribution in [-0.4, -0.2) is 10.9 Å². The summed E-state index contributed by atoms with van der Waals surface area (Å²) in [5.41, 5.74) is 5.46. The number of halogens is 3. The van der Waals surface area contributed by atoms with Gasteiger partial charge in [0.25, 0.3) is 0 Å². The summed E-state index contributed by atoms with van der Waals surface area (Å²) < 4.78 is 39.0. The summed E-state index contributed by atoms with van der Waals surface area (Å²) in [5, 5.41) is 0. The van der Waals surface area contributed by atoms with Gasteiger partial charge in [0, 0.05) is 19.0 Å². The summed E-state index contributed by atoms with van der Waals surface area (Å²) in [6.07, 6.45) is 1.06. The number of alkyl halides is 2. The third-order valence-corrected chi connectivity index (χ3v) is 3.11. The molecule has 2 N–H and O–H groups in total. The molecule has 0 amide bonds. The van der Waals surface area contributed by atoms with Crippen LogP contribution in [0.3, 0.4) is 0 Å². The van der Waals surface area contributed by atoms with Gasteiger partial charge >= 0.3 is 0 Å². The molecule has 0 atom stereocenters. The van der Waals surface area contributed by atoms with Crippen molar-refractivity contribution in [2.45, 2.75) is 37.1 Å². The third kappa shape index (κ3) is 2.19. The first-order valence-corrected chi connectivity index (χ1v) is 5.20. The lowest BCUT2D eigenvalue weighted by molar-refractivity contribution is -0.0519. The van der Waals surface area contributed by atoms with Gasteiger partial charge in [0.2, 0.25) is 5.92 Å². The Morgan fingerprint density at radius 1 is 1.19 bits per heavy atom. The molecule has 2 nitrogen and oxygen atoms in total. The molecule has 1 aliphatic rings. The second kappa shape index (κ2) is 3.73. The van der Waals surface area contributed by atoms with E-state index in [1.54, 1.807) is 0 Å². The van der Waals surface area contributed by atoms with E-state index in [9.17, 15) is 13.2 Å². The Balaban J connectivity index is 2.21. The lowest BCUT2D eigenvalue weighted by Crippen LogP contribution is -2.44. The Labute approximate surface area is 91.7 Å². The minimum Gasteiger partial charge on any atom is -0.320 e. The predicted molar refractivity (Wildman–Crippen MR) is 53.5 cm³/mol. The van der Waals surface area contributed by atoms with Crippen LogP contribution < -0.4 is 5.73 Å². The zero-order valence-corrected chi connectivity index (χ0v) is 8.72. The molecule has 1 aliphatic carbocycles. The standard InChI is InChI=1S/C11H13F3N2/c12-8-1-6-16-9(7-8)10(15)2-4-11(13,14)5-3-10/h1,6-7H,2-5,15H2. The second-order valence-corrected chi connectivity index (χ2v) is 4.37. The largest absolute Gasteiger partial charge is 0.320 e. The van der Waals surface area contributed by atoms with Crippen LogP contribution in [0.4, 0.5) is 13.2 Å². The van der Waals surface area contributed by atoms with Crippen LogP contribution in [-0.2, 0) is 5.54 Å². The van der Waals surface area contributed by atoms with Crippen molar-refractivity contribution in [3.63, 3.8) is 0 Å². The molecule has 1 saturated carbocycles. The van der Waals surface area contributed by atoms with Gasteiger partial charge in [0.15, 0.2) is 0 Å². The van der Waals surface area contributed by atoms with Gasteiger partial charge in [-0.3, -0.25) is 4.98 Å². The van der Waals surface area contributed by atoms with Gasteiger partial charge in [-0.2, -0.15) is 0 Å². The minimum absolute atomic E-state index is 0.135. The summed E-state index contributed by atoms with van der Waals surface area (Å²) in [5.74, 6) is -3.08. The molecule has 0 spiro atoms. The molecule has 1 aromatic rings. The Hall–Kier alpha value is -1.10. The molecule has 0 unspecified atom stereocenters. The van der Waals surface area contributed by atoms with Gasteiger partial charge in [-0.05, 0) is 25.0 Å². The summed E-state index contributed by atoms with van der Waals surface area (Å²) >= 11 is 0. The van der Waals surface area contributed by atoms with Crippen molar-refractivity contribution in [3.8, 4) is 0 Å². The predicted octanol–water partition coefficient (Wildman–Crippen LogP) is 2.58. The molecular weight excluding hydrogens is 217 g/mol. The van der Waals surface area contributed by atoms with Crippen LogP contribution in [0.15, 0.2) is 18.3 Å². The molecule has 0 aliphatic heterocycles. The average Bonchev–Trinajstić information content (AvgIpc) is 2.23. The smallest absolute Gasteiger partial charge is 0.248 e. The van der Waals surface area contributed by atoms with E-state index in [1.165, 1.54) is 18.3 Å². The highest BCUT2D eigenvalue weighted by atomic mass is 19.3. The number of aromatic nitrogens is 1. The van der Waals surface area contributed by atoms with E-state index in [0.29, 0.717) is 5.69 Å². The van der Waals surface area contributed by atoms with Crippen molar-refractivity contribution in [2.24, 2.45) is 5.73 Å². The molecule has 5 heteroatoms. The van der Waals surface area contributed by atoms with Gasteiger partial charge in [0.1, 0.15) is 5.82 Å². The van der Waals surface area contributed by atoms with E-state index < -0.39 is 17.3 Å².